The highest BCUT2D eigenvalue weighted by molar-refractivity contribution is 6.07. The monoisotopic (exact) mass is 1390 g/mol. The van der Waals surface area contributed by atoms with Crippen LogP contribution in [0, 0.1) is 0 Å². The highest BCUT2D eigenvalue weighted by atomic mass is 15.2. The lowest BCUT2D eigenvalue weighted by Crippen LogP contribution is -2.31. The first-order chi connectivity index (χ1) is 50.8. The maximum absolute atomic E-state index is 2.79. The molecule has 0 radical (unpaired) electrons. The molecule has 534 valence electrons. The van der Waals surface area contributed by atoms with E-state index in [9.17, 15) is 0 Å². The minimum absolute atomic E-state index is 0.102. The minimum Gasteiger partial charge on any atom is -0.309 e. The van der Waals surface area contributed by atoms with Crippen molar-refractivity contribution in [1.82, 2.24) is 0 Å². The zero-order valence-electron chi connectivity index (χ0n) is 66.3. The third-order valence-corrected chi connectivity index (χ3v) is 23.3. The van der Waals surface area contributed by atoms with E-state index < -0.39 is 0 Å². The Balaban J connectivity index is 1.14. The largest absolute Gasteiger partial charge is 0.309 e. The van der Waals surface area contributed by atoms with Crippen molar-refractivity contribution in [3.8, 4) is 66.8 Å². The zero-order valence-corrected chi connectivity index (χ0v) is 66.3. The van der Waals surface area contributed by atoms with E-state index in [1.54, 1.807) is 0 Å². The first-order valence-corrected chi connectivity index (χ1v) is 39.0. The van der Waals surface area contributed by atoms with E-state index in [0.29, 0.717) is 0 Å². The quantitative estimate of drug-likeness (QED) is 0.142. The molecular formula is C105H104N2. The first-order valence-electron chi connectivity index (χ1n) is 39.0. The van der Waals surface area contributed by atoms with Crippen LogP contribution in [0.3, 0.4) is 0 Å². The summed E-state index contributed by atoms with van der Waals surface area (Å²) in [5, 5.41) is 0. The van der Waals surface area contributed by atoms with Crippen LogP contribution >= 0.6 is 0 Å². The Kier molecular flexibility index (Phi) is 17.3. The van der Waals surface area contributed by atoms with Crippen molar-refractivity contribution in [3.63, 3.8) is 0 Å². The van der Waals surface area contributed by atoms with Crippen LogP contribution in [0.1, 0.15) is 214 Å². The molecule has 0 aromatic heterocycles. The van der Waals surface area contributed by atoms with Crippen LogP contribution in [0.15, 0.2) is 279 Å². The van der Waals surface area contributed by atoms with Crippen molar-refractivity contribution < 1.29 is 0 Å². The molecule has 2 heteroatoms. The molecule has 13 aromatic rings. The SMILES string of the molecule is CC(C)(C)c1cc(-c2ccc3c(c2)N(c2c(-c4ccccc4)cc(C(C)(C)C)cc2-c2ccccc2)c2cc(C4c5ccccc5Cc5ccccc54)cc4c2C3c2ccc(-c3cc(C(C)(C)C)cc(C(C)(C)C)c3)cc2N4c2c(-c3ccccc3)cc(C(C)(C)C)cc2-c2ccccc2)cc(C(C)(C)C)c1. The van der Waals surface area contributed by atoms with Gasteiger partial charge >= 0.3 is 0 Å². The summed E-state index contributed by atoms with van der Waals surface area (Å²) < 4.78 is 0. The smallest absolute Gasteiger partial charge is 0.0618 e. The molecule has 2 heterocycles. The number of hydrogen-bond acceptors (Lipinski definition) is 2. The van der Waals surface area contributed by atoms with Crippen molar-refractivity contribution in [2.24, 2.45) is 0 Å². The molecular weight excluding hydrogens is 1290 g/mol. The summed E-state index contributed by atoms with van der Waals surface area (Å²) in [5.41, 5.74) is 38.8. The Morgan fingerprint density at radius 3 is 0.804 bits per heavy atom. The predicted molar refractivity (Wildman–Crippen MR) is 458 cm³/mol. The average Bonchev–Trinajstić information content (AvgIpc) is 0.684. The van der Waals surface area contributed by atoms with Crippen molar-refractivity contribution in [1.29, 1.82) is 0 Å². The summed E-state index contributed by atoms with van der Waals surface area (Å²) in [6.45, 7) is 42.6. The predicted octanol–water partition coefficient (Wildman–Crippen LogP) is 29.3. The molecule has 0 amide bonds. The highest BCUT2D eigenvalue weighted by Crippen LogP contribution is 2.66. The summed E-state index contributed by atoms with van der Waals surface area (Å²) in [6, 6.07) is 110. The topological polar surface area (TPSA) is 6.48 Å². The molecule has 1 aliphatic carbocycles. The summed E-state index contributed by atoms with van der Waals surface area (Å²) in [7, 11) is 0. The van der Waals surface area contributed by atoms with E-state index in [4.69, 9.17) is 0 Å². The van der Waals surface area contributed by atoms with Crippen molar-refractivity contribution in [3.05, 3.63) is 357 Å². The molecule has 0 N–H and O–H groups in total. The molecule has 13 aromatic carbocycles. The third-order valence-electron chi connectivity index (χ3n) is 23.3. The lowest BCUT2D eigenvalue weighted by atomic mass is 9.71. The van der Waals surface area contributed by atoms with Crippen molar-refractivity contribution >= 4 is 34.1 Å². The van der Waals surface area contributed by atoms with E-state index in [0.717, 1.165) is 17.8 Å². The maximum atomic E-state index is 2.79. The molecule has 2 aliphatic heterocycles. The van der Waals surface area contributed by atoms with Crippen molar-refractivity contribution in [2.75, 3.05) is 9.80 Å². The van der Waals surface area contributed by atoms with Crippen LogP contribution in [0.2, 0.25) is 0 Å². The first kappa shape index (κ1) is 70.8. The lowest BCUT2D eigenvalue weighted by Gasteiger charge is -2.47. The second kappa shape index (κ2) is 26.2. The fraction of sp³-hybridized carbons (Fsp3) is 0.257. The van der Waals surface area contributed by atoms with E-state index in [2.05, 4.69) is 413 Å². The van der Waals surface area contributed by atoms with Gasteiger partial charge in [-0.25, -0.2) is 0 Å². The highest BCUT2D eigenvalue weighted by Gasteiger charge is 2.46. The summed E-state index contributed by atoms with van der Waals surface area (Å²) in [4.78, 5) is 5.58. The molecule has 2 nitrogen and oxygen atoms in total. The Hall–Kier alpha value is -10.5. The lowest BCUT2D eigenvalue weighted by molar-refractivity contribution is 0.568. The van der Waals surface area contributed by atoms with Gasteiger partial charge in [0.15, 0.2) is 0 Å². The molecule has 0 saturated carbocycles. The Morgan fingerprint density at radius 1 is 0.224 bits per heavy atom. The van der Waals surface area contributed by atoms with Gasteiger partial charge in [-0.1, -0.05) is 355 Å². The van der Waals surface area contributed by atoms with Gasteiger partial charge in [0.25, 0.3) is 0 Å². The van der Waals surface area contributed by atoms with E-state index in [1.807, 2.05) is 0 Å². The molecule has 0 saturated heterocycles. The van der Waals surface area contributed by atoms with Crippen LogP contribution in [-0.2, 0) is 38.9 Å². The second-order valence-electron chi connectivity index (χ2n) is 37.0. The van der Waals surface area contributed by atoms with Crippen LogP contribution in [-0.4, -0.2) is 0 Å². The van der Waals surface area contributed by atoms with Gasteiger partial charge in [0.2, 0.25) is 0 Å². The van der Waals surface area contributed by atoms with Gasteiger partial charge in [0.1, 0.15) is 0 Å². The van der Waals surface area contributed by atoms with E-state index in [-0.39, 0.29) is 44.3 Å². The summed E-state index contributed by atoms with van der Waals surface area (Å²) in [6.07, 6.45) is 0.871. The van der Waals surface area contributed by atoms with Gasteiger partial charge in [-0.2, -0.15) is 0 Å². The minimum atomic E-state index is -0.235. The molecule has 16 rings (SSSR count). The number of anilines is 6. The Bertz CT molecular complexity index is 5060. The van der Waals surface area contributed by atoms with E-state index in [1.165, 1.54) is 167 Å². The van der Waals surface area contributed by atoms with Gasteiger partial charge in [-0.05, 0) is 204 Å². The number of fused-ring (bicyclic) bond motifs is 6. The van der Waals surface area contributed by atoms with Crippen LogP contribution in [0.5, 0.6) is 0 Å². The molecule has 0 fully saturated rings. The van der Waals surface area contributed by atoms with Gasteiger partial charge < -0.3 is 9.80 Å². The normalized spacial score (nSPS) is 13.9. The molecule has 0 spiro atoms. The summed E-state index contributed by atoms with van der Waals surface area (Å²) >= 11 is 0. The summed E-state index contributed by atoms with van der Waals surface area (Å²) in [5.74, 6) is -0.357. The van der Waals surface area contributed by atoms with Gasteiger partial charge in [0, 0.05) is 39.7 Å². The zero-order chi connectivity index (χ0) is 75.0. The second-order valence-corrected chi connectivity index (χ2v) is 37.0. The number of nitrogens with zero attached hydrogens (tertiary/aromatic N) is 2. The standard InChI is InChI=1S/C105H104N2/c1-100(2,3)77-52-74(53-78(60-77)101(4,5)6)70-47-49-85-91(56-70)106(98-87(66-35-23-19-24-36-66)62-81(104(13,14)15)63-88(98)67-37-25-20-26-38-67)93-58-76(95-83-45-33-31-43-72(83)51-73-44-32-34-46-84(73)95)59-94-97(93)96(85)86-50-48-71(75-54-79(102(7,8)9)61-80(55-75)103(10,11)12)57-92(86)107(94)99-89(68-39-27-21-28-40-68)64-82(105(16,17)18)65-90(99)69-41-29-22-30-42-69/h19-50,52-65,95-96H,51H2,1-18H3. The number of hydrogen-bond donors (Lipinski definition) is 0. The number of rotatable bonds is 9. The fourth-order valence-corrected chi connectivity index (χ4v) is 17.0. The maximum Gasteiger partial charge on any atom is 0.0618 e. The third kappa shape index (κ3) is 13.0. The van der Waals surface area contributed by atoms with Gasteiger partial charge in [-0.15, -0.1) is 0 Å². The fourth-order valence-electron chi connectivity index (χ4n) is 17.0. The van der Waals surface area contributed by atoms with Gasteiger partial charge in [0.05, 0.1) is 34.1 Å². The Labute approximate surface area is 638 Å². The Morgan fingerprint density at radius 2 is 0.505 bits per heavy atom. The van der Waals surface area contributed by atoms with Crippen molar-refractivity contribution in [2.45, 2.75) is 175 Å². The molecule has 0 bridgehead atoms. The molecule has 3 aliphatic rings. The number of benzene rings is 13. The average molecular weight is 1390 g/mol. The van der Waals surface area contributed by atoms with Crippen LogP contribution in [0.4, 0.5) is 34.1 Å². The van der Waals surface area contributed by atoms with Crippen LogP contribution in [0.25, 0.3) is 66.8 Å². The van der Waals surface area contributed by atoms with E-state index >= 15 is 0 Å². The molecule has 0 atom stereocenters. The molecule has 0 unspecified atom stereocenters. The van der Waals surface area contributed by atoms with Gasteiger partial charge in [-0.3, -0.25) is 0 Å². The molecule has 107 heavy (non-hydrogen) atoms. The van der Waals surface area contributed by atoms with Crippen LogP contribution < -0.4 is 9.80 Å².